The van der Waals surface area contributed by atoms with Crippen molar-refractivity contribution >= 4 is 21.5 Å². The molecular weight excluding hydrogens is 757 g/mol. The summed E-state index contributed by atoms with van der Waals surface area (Å²) < 4.78 is 0. The zero-order valence-corrected chi connectivity index (χ0v) is 46.4. The molecule has 0 bridgehead atoms. The topological polar surface area (TPSA) is 0 Å². The van der Waals surface area contributed by atoms with Crippen molar-refractivity contribution in [3.63, 3.8) is 0 Å². The van der Waals surface area contributed by atoms with E-state index in [0.717, 1.165) is 17.8 Å². The number of aryl methyl sites for hydroxylation is 3. The van der Waals surface area contributed by atoms with Crippen LogP contribution >= 0.6 is 0 Å². The summed E-state index contributed by atoms with van der Waals surface area (Å²) >= 11 is 0. The maximum atomic E-state index is 2.22. The Morgan fingerprint density at radius 2 is 0.746 bits per heavy atom. The molecule has 0 heteroatoms. The maximum Gasteiger partial charge on any atom is -0.0155 e. The first kappa shape index (κ1) is 74.0. The maximum absolute atomic E-state index is 2.22. The van der Waals surface area contributed by atoms with Crippen molar-refractivity contribution in [1.29, 1.82) is 0 Å². The zero-order valence-electron chi connectivity index (χ0n) is 46.4. The highest BCUT2D eigenvalue weighted by molar-refractivity contribution is 5.85. The molecule has 0 heterocycles. The Hall–Kier alpha value is -3.38. The molecule has 0 saturated carbocycles. The van der Waals surface area contributed by atoms with E-state index in [4.69, 9.17) is 0 Å². The van der Waals surface area contributed by atoms with Crippen LogP contribution in [0.25, 0.3) is 21.5 Å². The van der Waals surface area contributed by atoms with E-state index < -0.39 is 0 Å². The van der Waals surface area contributed by atoms with E-state index in [1.807, 2.05) is 32.0 Å². The summed E-state index contributed by atoms with van der Waals surface area (Å²) in [4.78, 5) is 0. The molecule has 366 valence electrons. The molecule has 0 N–H and O–H groups in total. The van der Waals surface area contributed by atoms with Crippen LogP contribution in [0.3, 0.4) is 0 Å². The van der Waals surface area contributed by atoms with Gasteiger partial charge in [-0.05, 0) is 71.0 Å². The average Bonchev–Trinajstić information content (AvgIpc) is 3.23. The summed E-state index contributed by atoms with van der Waals surface area (Å²) in [5.74, 6) is 2.60. The van der Waals surface area contributed by atoms with Crippen LogP contribution in [0.2, 0.25) is 0 Å². The van der Waals surface area contributed by atoms with Crippen molar-refractivity contribution in [2.24, 2.45) is 23.2 Å². The lowest BCUT2D eigenvalue weighted by Gasteiger charge is -2.05. The summed E-state index contributed by atoms with van der Waals surface area (Å²) in [7, 11) is 0. The average molecular weight is 872 g/mol. The Morgan fingerprint density at radius 1 is 0.413 bits per heavy atom. The van der Waals surface area contributed by atoms with Gasteiger partial charge in [-0.25, -0.2) is 0 Å². The molecule has 5 rings (SSSR count). The summed E-state index contributed by atoms with van der Waals surface area (Å²) in [6.45, 7) is 51.9. The summed E-state index contributed by atoms with van der Waals surface area (Å²) in [5.41, 5.74) is 4.49. The normalized spacial score (nSPS) is 9.13. The van der Waals surface area contributed by atoms with Crippen molar-refractivity contribution in [2.75, 3.05) is 0 Å². The monoisotopic (exact) mass is 871 g/mol. The first-order valence-electron chi connectivity index (χ1n) is 25.1. The highest BCUT2D eigenvalue weighted by atomic mass is 14.0. The summed E-state index contributed by atoms with van der Waals surface area (Å²) in [5, 5.41) is 5.33. The minimum absolute atomic E-state index is 0. The molecular formula is C63H114. The minimum atomic E-state index is 0. The third kappa shape index (κ3) is 67.9. The number of rotatable bonds is 5. The fraction of sp³-hybridized carbons (Fsp3) is 0.587. The molecule has 0 radical (unpaired) electrons. The fourth-order valence-electron chi connectivity index (χ4n) is 3.58. The van der Waals surface area contributed by atoms with Crippen molar-refractivity contribution < 1.29 is 0 Å². The van der Waals surface area contributed by atoms with Gasteiger partial charge < -0.3 is 0 Å². The van der Waals surface area contributed by atoms with Gasteiger partial charge in [-0.3, -0.25) is 0 Å². The molecule has 0 aromatic heterocycles. The standard InChI is InChI=1S/2C11H10.C7H8.4C5H12.2C4H10.C3H8.C2H6.CH4/c1-9-5-4-7-10-6-2-3-8-11(9)10;1-9-6-7-10-4-2-3-5-11(10)8-9;1-7-5-3-2-4-6-7;1-5(2,3)4;2*1-4-5(2)3;1-3-5-4-2;1-4(2)3;1-3-4-2;1-3-2;1-2;/h2*2-8H,1H3;2-6H,1H3;1-4H3;2*5H,4H2,1-3H3;3-5H2,1-2H3;4H,1-3H3;3-4H2,1-2H3;3H2,1-2H3;1-2H3;1H4. The van der Waals surface area contributed by atoms with Crippen LogP contribution in [0.4, 0.5) is 0 Å². The summed E-state index contributed by atoms with van der Waals surface area (Å²) in [6.07, 6.45) is 10.6. The minimum Gasteiger partial charge on any atom is -0.0776 e. The van der Waals surface area contributed by atoms with Crippen LogP contribution < -0.4 is 0 Å². The molecule has 0 amide bonds. The molecule has 0 atom stereocenters. The second-order valence-electron chi connectivity index (χ2n) is 18.7. The molecule has 0 aliphatic carbocycles. The second-order valence-corrected chi connectivity index (χ2v) is 18.7. The lowest BCUT2D eigenvalue weighted by Crippen LogP contribution is -1.93. The van der Waals surface area contributed by atoms with Crippen molar-refractivity contribution in [1.82, 2.24) is 0 Å². The third-order valence-corrected chi connectivity index (χ3v) is 7.69. The highest BCUT2D eigenvalue weighted by Crippen LogP contribution is 2.17. The van der Waals surface area contributed by atoms with E-state index in [1.54, 1.807) is 0 Å². The van der Waals surface area contributed by atoms with Gasteiger partial charge in [0.25, 0.3) is 0 Å². The fourth-order valence-corrected chi connectivity index (χ4v) is 3.58. The van der Waals surface area contributed by atoms with Crippen LogP contribution in [0.5, 0.6) is 0 Å². The number of fused-ring (bicyclic) bond motifs is 2. The predicted octanol–water partition coefficient (Wildman–Crippen LogP) is 23.2. The van der Waals surface area contributed by atoms with Crippen LogP contribution in [0.1, 0.15) is 221 Å². The van der Waals surface area contributed by atoms with E-state index in [9.17, 15) is 0 Å². The molecule has 0 spiro atoms. The molecule has 0 aliphatic rings. The van der Waals surface area contributed by atoms with E-state index in [1.165, 1.54) is 89.6 Å². The molecule has 63 heavy (non-hydrogen) atoms. The molecule has 0 nitrogen and oxygen atoms in total. The zero-order chi connectivity index (χ0) is 49.4. The van der Waals surface area contributed by atoms with E-state index in [2.05, 4.69) is 249 Å². The summed E-state index contributed by atoms with van der Waals surface area (Å²) in [6, 6.07) is 40.0. The molecule has 0 unspecified atom stereocenters. The van der Waals surface area contributed by atoms with Gasteiger partial charge >= 0.3 is 0 Å². The van der Waals surface area contributed by atoms with Gasteiger partial charge in [0.1, 0.15) is 0 Å². The van der Waals surface area contributed by atoms with Crippen LogP contribution in [0.15, 0.2) is 115 Å². The van der Waals surface area contributed by atoms with Gasteiger partial charge in [0.2, 0.25) is 0 Å². The number of unbranched alkanes of at least 4 members (excludes halogenated alkanes) is 3. The van der Waals surface area contributed by atoms with E-state index in [0.29, 0.717) is 5.41 Å². The Labute approximate surface area is 399 Å². The largest absolute Gasteiger partial charge is 0.0776 e. The van der Waals surface area contributed by atoms with Crippen molar-refractivity contribution in [3.05, 3.63) is 132 Å². The van der Waals surface area contributed by atoms with Crippen LogP contribution in [-0.2, 0) is 0 Å². The number of benzene rings is 5. The Kier molecular flexibility index (Phi) is 64.3. The first-order chi connectivity index (χ1) is 29.1. The third-order valence-electron chi connectivity index (χ3n) is 7.69. The lowest BCUT2D eigenvalue weighted by atomic mass is 10.0. The molecule has 0 fully saturated rings. The van der Waals surface area contributed by atoms with Gasteiger partial charge in [-0.2, -0.15) is 0 Å². The quantitative estimate of drug-likeness (QED) is 0.165. The lowest BCUT2D eigenvalue weighted by molar-refractivity contribution is 0.469. The van der Waals surface area contributed by atoms with Gasteiger partial charge in [0, 0.05) is 0 Å². The second kappa shape index (κ2) is 54.8. The molecule has 0 saturated heterocycles. The number of hydrogen-bond acceptors (Lipinski definition) is 0. The predicted molar refractivity (Wildman–Crippen MR) is 304 cm³/mol. The van der Waals surface area contributed by atoms with Gasteiger partial charge in [-0.1, -0.05) is 331 Å². The van der Waals surface area contributed by atoms with Crippen molar-refractivity contribution in [2.45, 2.75) is 225 Å². The van der Waals surface area contributed by atoms with Gasteiger partial charge in [0.15, 0.2) is 0 Å². The first-order valence-corrected chi connectivity index (χ1v) is 25.1. The number of hydrogen-bond donors (Lipinski definition) is 0. The Balaban J connectivity index is -0.000000114. The van der Waals surface area contributed by atoms with Gasteiger partial charge in [-0.15, -0.1) is 0 Å². The highest BCUT2D eigenvalue weighted by Gasteiger charge is 1.95. The van der Waals surface area contributed by atoms with E-state index >= 15 is 0 Å². The Morgan fingerprint density at radius 3 is 1.05 bits per heavy atom. The molecule has 0 aliphatic heterocycles. The van der Waals surface area contributed by atoms with Crippen molar-refractivity contribution in [3.8, 4) is 0 Å². The molecule has 5 aromatic carbocycles. The van der Waals surface area contributed by atoms with E-state index in [-0.39, 0.29) is 7.43 Å². The van der Waals surface area contributed by atoms with Gasteiger partial charge in [0.05, 0.1) is 0 Å². The Bertz CT molecular complexity index is 1500. The SMILES string of the molecule is C.CC.CC(C)(C)C.CC(C)C.CCC.CCC(C)C.CCC(C)C.CCCC.CCCCC.Cc1ccc2ccccc2c1.Cc1cccc2ccccc12.Cc1ccccc1. The van der Waals surface area contributed by atoms with Crippen LogP contribution in [-0.4, -0.2) is 0 Å². The smallest absolute Gasteiger partial charge is 0.0155 e. The molecule has 5 aromatic rings. The van der Waals surface area contributed by atoms with Crippen LogP contribution in [0, 0.1) is 43.9 Å².